The molecule has 46 heavy (non-hydrogen) atoms. The summed E-state index contributed by atoms with van der Waals surface area (Å²) in [7, 11) is 1.83. The van der Waals surface area contributed by atoms with Gasteiger partial charge in [-0.05, 0) is 113 Å². The summed E-state index contributed by atoms with van der Waals surface area (Å²) in [5.74, 6) is 0.911. The minimum Gasteiger partial charge on any atom is -0.462 e. The number of pyridine rings is 1. The highest BCUT2D eigenvalue weighted by molar-refractivity contribution is 5.96. The molecular formula is C37H55N5O4. The number of carbonyl (C=O) groups is 3. The van der Waals surface area contributed by atoms with E-state index in [-0.39, 0.29) is 11.9 Å². The number of piperidine rings is 1. The van der Waals surface area contributed by atoms with Gasteiger partial charge in [0.25, 0.3) is 5.91 Å². The van der Waals surface area contributed by atoms with E-state index in [1.54, 1.807) is 23.6 Å². The quantitative estimate of drug-likeness (QED) is 0.142. The molecule has 0 radical (unpaired) electrons. The number of esters is 1. The summed E-state index contributed by atoms with van der Waals surface area (Å²) in [4.78, 5) is 40.9. The Morgan fingerprint density at radius 2 is 1.63 bits per heavy atom. The number of rotatable bonds is 15. The van der Waals surface area contributed by atoms with Crippen molar-refractivity contribution >= 4 is 29.4 Å². The lowest BCUT2D eigenvalue weighted by Gasteiger charge is -2.26. The molecule has 0 saturated carbocycles. The van der Waals surface area contributed by atoms with Crippen LogP contribution in [0.2, 0.25) is 0 Å². The molecule has 9 heteroatoms. The number of aryl methyl sites for hydroxylation is 1. The van der Waals surface area contributed by atoms with Crippen LogP contribution in [0.25, 0.3) is 5.52 Å². The third kappa shape index (κ3) is 11.3. The van der Waals surface area contributed by atoms with E-state index in [9.17, 15) is 14.4 Å². The molecule has 0 atom stereocenters. The van der Waals surface area contributed by atoms with Gasteiger partial charge in [0, 0.05) is 43.1 Å². The van der Waals surface area contributed by atoms with Gasteiger partial charge in [0.05, 0.1) is 17.7 Å². The number of hydrogen-bond donors (Lipinski definition) is 1. The molecule has 252 valence electrons. The summed E-state index contributed by atoms with van der Waals surface area (Å²) in [6.07, 6.45) is 10.4. The zero-order chi connectivity index (χ0) is 33.5. The molecule has 1 aliphatic heterocycles. The number of amides is 1. The van der Waals surface area contributed by atoms with E-state index in [0.29, 0.717) is 35.3 Å². The Balaban J connectivity index is 0.000000370. The smallest absolute Gasteiger partial charge is 0.338 e. The number of nitrogens with one attached hydrogen (secondary N) is 1. The minimum atomic E-state index is -0.273. The number of fused-ring (bicyclic) bond motifs is 1. The van der Waals surface area contributed by atoms with Gasteiger partial charge in [0.1, 0.15) is 5.69 Å². The van der Waals surface area contributed by atoms with Crippen LogP contribution in [0.1, 0.15) is 110 Å². The zero-order valence-corrected chi connectivity index (χ0v) is 28.9. The van der Waals surface area contributed by atoms with Crippen LogP contribution in [0.4, 0.5) is 5.69 Å². The van der Waals surface area contributed by atoms with Crippen molar-refractivity contribution in [2.24, 2.45) is 11.8 Å². The first kappa shape index (κ1) is 36.7. The van der Waals surface area contributed by atoms with E-state index in [1.165, 1.54) is 32.4 Å². The topological polar surface area (TPSA) is 96.2 Å². The molecule has 3 aromatic rings. The highest BCUT2D eigenvalue weighted by atomic mass is 16.5. The standard InChI is InChI=1S/C27H42N4O2.C10H13NO2/c1-21(2)10-16-30(17-11-22(3)4)27(33)23-12-18-31-26(19-23)24(25(20-32)28-31)9-8-15-29-13-6-5-7-14-29;1-3-13-10(12)8-4-6-9(11-2)7-5-8/h12,18-22H,5-11,13-17H2,1-4H3;4-7,11H,3H2,1-2H3. The largest absolute Gasteiger partial charge is 0.462 e. The zero-order valence-electron chi connectivity index (χ0n) is 28.9. The highest BCUT2D eigenvalue weighted by Gasteiger charge is 2.20. The van der Waals surface area contributed by atoms with Crippen molar-refractivity contribution in [3.63, 3.8) is 0 Å². The third-order valence-corrected chi connectivity index (χ3v) is 8.40. The summed E-state index contributed by atoms with van der Waals surface area (Å²) in [5.41, 5.74) is 4.59. The van der Waals surface area contributed by atoms with Crippen LogP contribution in [-0.2, 0) is 11.2 Å². The van der Waals surface area contributed by atoms with Crippen LogP contribution in [0.15, 0.2) is 42.6 Å². The number of aldehydes is 1. The lowest BCUT2D eigenvalue weighted by molar-refractivity contribution is 0.0526. The first-order valence-corrected chi connectivity index (χ1v) is 17.1. The Bertz CT molecular complexity index is 1360. The van der Waals surface area contributed by atoms with Crippen molar-refractivity contribution in [3.05, 3.63) is 65.0 Å². The summed E-state index contributed by atoms with van der Waals surface area (Å²) in [5, 5.41) is 7.44. The Morgan fingerprint density at radius 3 is 2.20 bits per heavy atom. The van der Waals surface area contributed by atoms with Crippen LogP contribution in [0.5, 0.6) is 0 Å². The second-order valence-corrected chi connectivity index (χ2v) is 12.9. The van der Waals surface area contributed by atoms with Crippen molar-refractivity contribution in [1.82, 2.24) is 19.4 Å². The summed E-state index contributed by atoms with van der Waals surface area (Å²) in [6.45, 7) is 15.9. The molecule has 1 aromatic carbocycles. The Kier molecular flexibility index (Phi) is 15.2. The number of carbonyl (C=O) groups excluding carboxylic acids is 3. The number of benzene rings is 1. The molecule has 9 nitrogen and oxygen atoms in total. The van der Waals surface area contributed by atoms with Crippen LogP contribution in [0.3, 0.4) is 0 Å². The van der Waals surface area contributed by atoms with Crippen LogP contribution in [0, 0.1) is 11.8 Å². The van der Waals surface area contributed by atoms with Crippen LogP contribution < -0.4 is 5.32 Å². The first-order valence-electron chi connectivity index (χ1n) is 17.1. The molecule has 0 unspecified atom stereocenters. The maximum absolute atomic E-state index is 13.4. The molecular weight excluding hydrogens is 578 g/mol. The minimum absolute atomic E-state index is 0.0759. The SMILES string of the molecule is CC(C)CCN(CCC(C)C)C(=O)c1ccn2nc(C=O)c(CCCN3CCCCC3)c2c1.CCOC(=O)c1ccc(NC)cc1. The molecule has 1 fully saturated rings. The van der Waals surface area contributed by atoms with E-state index in [0.717, 1.165) is 68.4 Å². The number of anilines is 1. The number of aromatic nitrogens is 2. The van der Waals surface area contributed by atoms with Crippen molar-refractivity contribution < 1.29 is 19.1 Å². The van der Waals surface area contributed by atoms with Crippen molar-refractivity contribution in [2.45, 2.75) is 79.6 Å². The van der Waals surface area contributed by atoms with Gasteiger partial charge in [-0.1, -0.05) is 34.1 Å². The molecule has 1 aliphatic rings. The van der Waals surface area contributed by atoms with Gasteiger partial charge < -0.3 is 19.9 Å². The predicted octanol–water partition coefficient (Wildman–Crippen LogP) is 7.00. The van der Waals surface area contributed by atoms with E-state index < -0.39 is 0 Å². The van der Waals surface area contributed by atoms with E-state index in [2.05, 4.69) is 43.0 Å². The molecule has 3 heterocycles. The summed E-state index contributed by atoms with van der Waals surface area (Å²) in [6, 6.07) is 10.9. The molecule has 0 aliphatic carbocycles. The molecule has 1 N–H and O–H groups in total. The third-order valence-electron chi connectivity index (χ3n) is 8.40. The van der Waals surface area contributed by atoms with Crippen molar-refractivity contribution in [1.29, 1.82) is 0 Å². The fourth-order valence-electron chi connectivity index (χ4n) is 5.57. The van der Waals surface area contributed by atoms with Gasteiger partial charge in [-0.15, -0.1) is 0 Å². The summed E-state index contributed by atoms with van der Waals surface area (Å²) < 4.78 is 6.60. The second-order valence-electron chi connectivity index (χ2n) is 12.9. The highest BCUT2D eigenvalue weighted by Crippen LogP contribution is 2.21. The van der Waals surface area contributed by atoms with Gasteiger partial charge in [-0.2, -0.15) is 5.10 Å². The molecule has 0 spiro atoms. The van der Waals surface area contributed by atoms with E-state index in [4.69, 9.17) is 4.74 Å². The average molecular weight is 634 g/mol. The Hall–Kier alpha value is -3.72. The normalized spacial score (nSPS) is 13.4. The first-order chi connectivity index (χ1) is 22.2. The predicted molar refractivity (Wildman–Crippen MR) is 186 cm³/mol. The molecule has 1 amide bonds. The van der Waals surface area contributed by atoms with E-state index in [1.807, 2.05) is 42.4 Å². The van der Waals surface area contributed by atoms with Gasteiger partial charge in [0.2, 0.25) is 0 Å². The second kappa shape index (κ2) is 19.1. The molecule has 0 bridgehead atoms. The van der Waals surface area contributed by atoms with Crippen molar-refractivity contribution in [3.8, 4) is 0 Å². The van der Waals surface area contributed by atoms with Gasteiger partial charge in [-0.3, -0.25) is 9.59 Å². The average Bonchev–Trinajstić information content (AvgIpc) is 3.42. The number of hydrogen-bond acceptors (Lipinski definition) is 7. The lowest BCUT2D eigenvalue weighted by Crippen LogP contribution is -2.34. The van der Waals surface area contributed by atoms with Gasteiger partial charge in [-0.25, -0.2) is 9.31 Å². The van der Waals surface area contributed by atoms with Crippen LogP contribution in [-0.4, -0.2) is 84.0 Å². The van der Waals surface area contributed by atoms with Gasteiger partial charge >= 0.3 is 5.97 Å². The number of ether oxygens (including phenoxy) is 1. The van der Waals surface area contributed by atoms with E-state index >= 15 is 0 Å². The molecule has 1 saturated heterocycles. The number of likely N-dealkylation sites (tertiary alicyclic amines) is 1. The maximum atomic E-state index is 13.4. The fourth-order valence-corrected chi connectivity index (χ4v) is 5.57. The monoisotopic (exact) mass is 633 g/mol. The lowest BCUT2D eigenvalue weighted by atomic mass is 10.0. The Labute approximate surface area is 275 Å². The van der Waals surface area contributed by atoms with Crippen molar-refractivity contribution in [2.75, 3.05) is 51.7 Å². The molecule has 2 aromatic heterocycles. The van der Waals surface area contributed by atoms with Crippen LogP contribution >= 0.6 is 0 Å². The van der Waals surface area contributed by atoms with Gasteiger partial charge in [0.15, 0.2) is 6.29 Å². The maximum Gasteiger partial charge on any atom is 0.338 e. The molecule has 4 rings (SSSR count). The Morgan fingerprint density at radius 1 is 0.978 bits per heavy atom. The summed E-state index contributed by atoms with van der Waals surface area (Å²) >= 11 is 0. The fraction of sp³-hybridized carbons (Fsp3) is 0.568. The number of nitrogens with zero attached hydrogens (tertiary/aromatic N) is 4.